The molecule has 0 aliphatic carbocycles. The lowest BCUT2D eigenvalue weighted by Crippen LogP contribution is -2.35. The van der Waals surface area contributed by atoms with Gasteiger partial charge in [-0.2, -0.15) is 0 Å². The summed E-state index contributed by atoms with van der Waals surface area (Å²) in [5, 5.41) is 3.56. The Bertz CT molecular complexity index is 394. The molecule has 1 aromatic carbocycles. The fraction of sp³-hybridized carbons (Fsp3) is 0.625. The molecule has 0 unspecified atom stereocenters. The van der Waals surface area contributed by atoms with Crippen LogP contribution in [-0.4, -0.2) is 19.2 Å². The van der Waals surface area contributed by atoms with Crippen LogP contribution in [0.5, 0.6) is 5.75 Å². The Labute approximate surface area is 111 Å². The van der Waals surface area contributed by atoms with Crippen molar-refractivity contribution in [3.8, 4) is 5.75 Å². The second-order valence-corrected chi connectivity index (χ2v) is 5.49. The highest BCUT2D eigenvalue weighted by Crippen LogP contribution is 2.23. The molecule has 1 saturated heterocycles. The van der Waals surface area contributed by atoms with Crippen molar-refractivity contribution >= 4 is 0 Å². The van der Waals surface area contributed by atoms with Crippen LogP contribution in [0.15, 0.2) is 12.1 Å². The van der Waals surface area contributed by atoms with Crippen LogP contribution in [0.4, 0.5) is 0 Å². The molecule has 2 heteroatoms. The second kappa shape index (κ2) is 6.24. The highest BCUT2D eigenvalue weighted by Gasteiger charge is 2.12. The van der Waals surface area contributed by atoms with Crippen molar-refractivity contribution < 1.29 is 4.74 Å². The topological polar surface area (TPSA) is 21.3 Å². The summed E-state index contributed by atoms with van der Waals surface area (Å²) in [5.41, 5.74) is 3.88. The standard InChI is InChI=1S/C16H25NO/c1-12-10-13(2)14(3)16(11-12)18-9-7-15-6-4-5-8-17-15/h10-11,15,17H,4-9H2,1-3H3/t15-/m0/s1. The minimum Gasteiger partial charge on any atom is -0.493 e. The minimum absolute atomic E-state index is 0.657. The zero-order valence-corrected chi connectivity index (χ0v) is 11.9. The van der Waals surface area contributed by atoms with Crippen LogP contribution in [0.25, 0.3) is 0 Å². The Morgan fingerprint density at radius 2 is 2.06 bits per heavy atom. The summed E-state index contributed by atoms with van der Waals surface area (Å²) in [5.74, 6) is 1.06. The molecule has 1 heterocycles. The lowest BCUT2D eigenvalue weighted by molar-refractivity contribution is 0.266. The van der Waals surface area contributed by atoms with Crippen molar-refractivity contribution in [2.24, 2.45) is 0 Å². The van der Waals surface area contributed by atoms with E-state index < -0.39 is 0 Å². The summed E-state index contributed by atoms with van der Waals surface area (Å²) >= 11 is 0. The van der Waals surface area contributed by atoms with Gasteiger partial charge in [0.15, 0.2) is 0 Å². The molecule has 100 valence electrons. The van der Waals surface area contributed by atoms with E-state index in [1.807, 2.05) is 0 Å². The van der Waals surface area contributed by atoms with Gasteiger partial charge in [0.25, 0.3) is 0 Å². The van der Waals surface area contributed by atoms with Gasteiger partial charge in [-0.1, -0.05) is 12.5 Å². The van der Waals surface area contributed by atoms with E-state index in [4.69, 9.17) is 4.74 Å². The maximum atomic E-state index is 5.96. The zero-order valence-electron chi connectivity index (χ0n) is 11.9. The van der Waals surface area contributed by atoms with Gasteiger partial charge in [0, 0.05) is 6.04 Å². The Morgan fingerprint density at radius 1 is 1.22 bits per heavy atom. The third-order valence-electron chi connectivity index (χ3n) is 3.90. The molecule has 0 saturated carbocycles. The molecule has 1 fully saturated rings. The highest BCUT2D eigenvalue weighted by atomic mass is 16.5. The molecule has 0 radical (unpaired) electrons. The molecule has 1 aliphatic heterocycles. The number of nitrogens with one attached hydrogen (secondary N) is 1. The predicted octanol–water partition coefficient (Wildman–Crippen LogP) is 3.52. The van der Waals surface area contributed by atoms with Crippen LogP contribution >= 0.6 is 0 Å². The molecule has 18 heavy (non-hydrogen) atoms. The number of piperidine rings is 1. The van der Waals surface area contributed by atoms with E-state index >= 15 is 0 Å². The monoisotopic (exact) mass is 247 g/mol. The van der Waals surface area contributed by atoms with Gasteiger partial charge in [0.2, 0.25) is 0 Å². The lowest BCUT2D eigenvalue weighted by atomic mass is 10.0. The number of benzene rings is 1. The Balaban J connectivity index is 1.86. The summed E-state index contributed by atoms with van der Waals surface area (Å²) in [4.78, 5) is 0. The third kappa shape index (κ3) is 3.49. The van der Waals surface area contributed by atoms with E-state index in [0.29, 0.717) is 6.04 Å². The van der Waals surface area contributed by atoms with E-state index in [1.54, 1.807) is 0 Å². The summed E-state index contributed by atoms with van der Waals surface area (Å²) < 4.78 is 5.96. The molecule has 2 nitrogen and oxygen atoms in total. The Kier molecular flexibility index (Phi) is 4.65. The van der Waals surface area contributed by atoms with Crippen molar-refractivity contribution in [2.45, 2.75) is 52.5 Å². The van der Waals surface area contributed by atoms with Gasteiger partial charge >= 0.3 is 0 Å². The first-order chi connectivity index (χ1) is 8.66. The molecule has 0 amide bonds. The smallest absolute Gasteiger partial charge is 0.122 e. The molecule has 0 bridgehead atoms. The van der Waals surface area contributed by atoms with E-state index in [2.05, 4.69) is 38.2 Å². The molecular weight excluding hydrogens is 222 g/mol. The molecule has 1 aliphatic rings. The quantitative estimate of drug-likeness (QED) is 0.879. The molecule has 1 atom stereocenters. The predicted molar refractivity (Wildman–Crippen MR) is 76.4 cm³/mol. The van der Waals surface area contributed by atoms with Gasteiger partial charge in [-0.05, 0) is 69.3 Å². The fourth-order valence-electron chi connectivity index (χ4n) is 2.63. The molecule has 1 aromatic rings. The van der Waals surface area contributed by atoms with E-state index in [1.165, 1.54) is 42.5 Å². The SMILES string of the molecule is Cc1cc(C)c(C)c(OCC[C@@H]2CCCCN2)c1. The summed E-state index contributed by atoms with van der Waals surface area (Å²) in [6.07, 6.45) is 5.11. The first kappa shape index (κ1) is 13.4. The molecule has 2 rings (SSSR count). The van der Waals surface area contributed by atoms with E-state index in [9.17, 15) is 0 Å². The number of ether oxygens (including phenoxy) is 1. The van der Waals surface area contributed by atoms with Crippen LogP contribution in [0, 0.1) is 20.8 Å². The van der Waals surface area contributed by atoms with Crippen LogP contribution < -0.4 is 10.1 Å². The van der Waals surface area contributed by atoms with Crippen LogP contribution in [0.2, 0.25) is 0 Å². The van der Waals surface area contributed by atoms with Crippen LogP contribution in [0.3, 0.4) is 0 Å². The molecule has 1 N–H and O–H groups in total. The van der Waals surface area contributed by atoms with Crippen LogP contribution in [-0.2, 0) is 0 Å². The minimum atomic E-state index is 0.657. The van der Waals surface area contributed by atoms with Gasteiger partial charge in [-0.15, -0.1) is 0 Å². The Morgan fingerprint density at radius 3 is 2.78 bits per heavy atom. The second-order valence-electron chi connectivity index (χ2n) is 5.49. The van der Waals surface area contributed by atoms with Gasteiger partial charge in [-0.25, -0.2) is 0 Å². The number of hydrogen-bond acceptors (Lipinski definition) is 2. The summed E-state index contributed by atoms with van der Waals surface area (Å²) in [6.45, 7) is 8.41. The van der Waals surface area contributed by atoms with E-state index in [-0.39, 0.29) is 0 Å². The fourth-order valence-corrected chi connectivity index (χ4v) is 2.63. The van der Waals surface area contributed by atoms with Crippen molar-refractivity contribution in [1.82, 2.24) is 5.32 Å². The molecular formula is C16H25NO. The Hall–Kier alpha value is -1.02. The van der Waals surface area contributed by atoms with Gasteiger partial charge in [0.1, 0.15) is 5.75 Å². The summed E-state index contributed by atoms with van der Waals surface area (Å²) in [6, 6.07) is 5.02. The van der Waals surface area contributed by atoms with Crippen molar-refractivity contribution in [2.75, 3.05) is 13.2 Å². The zero-order chi connectivity index (χ0) is 13.0. The van der Waals surface area contributed by atoms with Crippen molar-refractivity contribution in [1.29, 1.82) is 0 Å². The maximum absolute atomic E-state index is 5.96. The number of rotatable bonds is 4. The highest BCUT2D eigenvalue weighted by molar-refractivity contribution is 5.41. The van der Waals surface area contributed by atoms with Gasteiger partial charge in [0.05, 0.1) is 6.61 Å². The number of hydrogen-bond donors (Lipinski definition) is 1. The van der Waals surface area contributed by atoms with Crippen molar-refractivity contribution in [3.63, 3.8) is 0 Å². The average Bonchev–Trinajstić information content (AvgIpc) is 2.36. The number of aryl methyl sites for hydroxylation is 2. The summed E-state index contributed by atoms with van der Waals surface area (Å²) in [7, 11) is 0. The largest absolute Gasteiger partial charge is 0.493 e. The first-order valence-corrected chi connectivity index (χ1v) is 7.11. The average molecular weight is 247 g/mol. The van der Waals surface area contributed by atoms with Crippen molar-refractivity contribution in [3.05, 3.63) is 28.8 Å². The van der Waals surface area contributed by atoms with Gasteiger partial charge < -0.3 is 10.1 Å². The molecule has 0 spiro atoms. The van der Waals surface area contributed by atoms with Crippen LogP contribution in [0.1, 0.15) is 42.4 Å². The lowest BCUT2D eigenvalue weighted by Gasteiger charge is -2.23. The normalized spacial score (nSPS) is 19.8. The molecule has 0 aromatic heterocycles. The van der Waals surface area contributed by atoms with Gasteiger partial charge in [-0.3, -0.25) is 0 Å². The maximum Gasteiger partial charge on any atom is 0.122 e. The van der Waals surface area contributed by atoms with E-state index in [0.717, 1.165) is 18.8 Å². The first-order valence-electron chi connectivity index (χ1n) is 7.11. The third-order valence-corrected chi connectivity index (χ3v) is 3.90.